The molecule has 0 heterocycles. The van der Waals surface area contributed by atoms with Crippen LogP contribution in [0.25, 0.3) is 0 Å². The highest BCUT2D eigenvalue weighted by Gasteiger charge is 1.90. The smallest absolute Gasteiger partial charge is 0.0630 e. The molecule has 0 atom stereocenters. The van der Waals surface area contributed by atoms with E-state index >= 15 is 0 Å². The SMILES string of the molecule is Cc1ccc(N=Cc2cccc(C)c2)cc1. The van der Waals surface area contributed by atoms with Gasteiger partial charge in [-0.3, -0.25) is 4.99 Å². The minimum atomic E-state index is 0.993. The Hall–Kier alpha value is -1.89. The number of aryl methyl sites for hydroxylation is 2. The van der Waals surface area contributed by atoms with Gasteiger partial charge < -0.3 is 0 Å². The van der Waals surface area contributed by atoms with E-state index in [2.05, 4.69) is 49.2 Å². The van der Waals surface area contributed by atoms with Crippen LogP contribution in [0.4, 0.5) is 5.69 Å². The third-order valence-electron chi connectivity index (χ3n) is 2.44. The lowest BCUT2D eigenvalue weighted by Crippen LogP contribution is -1.81. The van der Waals surface area contributed by atoms with Crippen LogP contribution >= 0.6 is 0 Å². The maximum absolute atomic E-state index is 4.43. The molecular weight excluding hydrogens is 194 g/mol. The Labute approximate surface area is 96.5 Å². The molecular formula is C15H15N. The predicted molar refractivity (Wildman–Crippen MR) is 69.6 cm³/mol. The molecule has 0 saturated carbocycles. The van der Waals surface area contributed by atoms with Gasteiger partial charge in [-0.1, -0.05) is 47.5 Å². The van der Waals surface area contributed by atoms with Crippen molar-refractivity contribution in [1.82, 2.24) is 0 Å². The topological polar surface area (TPSA) is 12.4 Å². The summed E-state index contributed by atoms with van der Waals surface area (Å²) < 4.78 is 0. The van der Waals surface area contributed by atoms with Gasteiger partial charge in [0.05, 0.1) is 5.69 Å². The Morgan fingerprint density at radius 3 is 2.31 bits per heavy atom. The molecule has 16 heavy (non-hydrogen) atoms. The van der Waals surface area contributed by atoms with Crippen LogP contribution in [0, 0.1) is 13.8 Å². The van der Waals surface area contributed by atoms with Gasteiger partial charge in [-0.05, 0) is 31.5 Å². The molecule has 0 aliphatic rings. The van der Waals surface area contributed by atoms with Gasteiger partial charge in [-0.2, -0.15) is 0 Å². The molecule has 0 bridgehead atoms. The van der Waals surface area contributed by atoms with Gasteiger partial charge in [0.15, 0.2) is 0 Å². The van der Waals surface area contributed by atoms with Gasteiger partial charge in [0.25, 0.3) is 0 Å². The van der Waals surface area contributed by atoms with Crippen LogP contribution in [-0.4, -0.2) is 6.21 Å². The second kappa shape index (κ2) is 4.75. The quantitative estimate of drug-likeness (QED) is 0.661. The Balaban J connectivity index is 2.18. The standard InChI is InChI=1S/C15H15N/c1-12-6-8-15(9-7-12)16-11-14-5-3-4-13(2)10-14/h3-11H,1-2H3. The summed E-state index contributed by atoms with van der Waals surface area (Å²) in [6.45, 7) is 4.16. The Morgan fingerprint density at radius 1 is 0.875 bits per heavy atom. The Morgan fingerprint density at radius 2 is 1.62 bits per heavy atom. The van der Waals surface area contributed by atoms with E-state index in [-0.39, 0.29) is 0 Å². The van der Waals surface area contributed by atoms with E-state index < -0.39 is 0 Å². The second-order valence-electron chi connectivity index (χ2n) is 4.01. The molecule has 2 rings (SSSR count). The zero-order valence-corrected chi connectivity index (χ0v) is 9.64. The van der Waals surface area contributed by atoms with Crippen molar-refractivity contribution >= 4 is 11.9 Å². The van der Waals surface area contributed by atoms with Crippen LogP contribution in [-0.2, 0) is 0 Å². The molecule has 0 radical (unpaired) electrons. The zero-order valence-electron chi connectivity index (χ0n) is 9.64. The van der Waals surface area contributed by atoms with Gasteiger partial charge in [-0.25, -0.2) is 0 Å². The first kappa shape index (κ1) is 10.6. The Kier molecular flexibility index (Phi) is 3.16. The van der Waals surface area contributed by atoms with E-state index in [1.807, 2.05) is 24.4 Å². The van der Waals surface area contributed by atoms with Gasteiger partial charge in [-0.15, -0.1) is 0 Å². The van der Waals surface area contributed by atoms with Gasteiger partial charge in [0.2, 0.25) is 0 Å². The minimum Gasteiger partial charge on any atom is -0.256 e. The fourth-order valence-corrected chi connectivity index (χ4v) is 1.53. The Bertz CT molecular complexity index is 495. The van der Waals surface area contributed by atoms with Crippen LogP contribution in [0.1, 0.15) is 16.7 Å². The molecule has 2 aromatic carbocycles. The van der Waals surface area contributed by atoms with E-state index in [1.54, 1.807) is 0 Å². The van der Waals surface area contributed by atoms with E-state index in [0.29, 0.717) is 0 Å². The van der Waals surface area contributed by atoms with Crippen LogP contribution in [0.15, 0.2) is 53.5 Å². The first-order chi connectivity index (χ1) is 7.74. The fourth-order valence-electron chi connectivity index (χ4n) is 1.53. The van der Waals surface area contributed by atoms with Gasteiger partial charge in [0.1, 0.15) is 0 Å². The molecule has 0 amide bonds. The van der Waals surface area contributed by atoms with Crippen molar-refractivity contribution in [2.45, 2.75) is 13.8 Å². The molecule has 0 N–H and O–H groups in total. The van der Waals surface area contributed by atoms with Crippen molar-refractivity contribution in [2.24, 2.45) is 4.99 Å². The summed E-state index contributed by atoms with van der Waals surface area (Å²) in [6, 6.07) is 16.5. The number of hydrogen-bond acceptors (Lipinski definition) is 1. The largest absolute Gasteiger partial charge is 0.256 e. The highest BCUT2D eigenvalue weighted by atomic mass is 14.7. The monoisotopic (exact) mass is 209 g/mol. The molecule has 0 fully saturated rings. The van der Waals surface area contributed by atoms with Crippen LogP contribution in [0.3, 0.4) is 0 Å². The lowest BCUT2D eigenvalue weighted by atomic mass is 10.1. The number of hydrogen-bond donors (Lipinski definition) is 0. The summed E-state index contributed by atoms with van der Waals surface area (Å²) in [7, 11) is 0. The summed E-state index contributed by atoms with van der Waals surface area (Å²) in [5.74, 6) is 0. The molecule has 0 aromatic heterocycles. The summed E-state index contributed by atoms with van der Waals surface area (Å²) in [4.78, 5) is 4.43. The van der Waals surface area contributed by atoms with Crippen molar-refractivity contribution in [1.29, 1.82) is 0 Å². The first-order valence-corrected chi connectivity index (χ1v) is 5.41. The summed E-state index contributed by atoms with van der Waals surface area (Å²) >= 11 is 0. The molecule has 2 aromatic rings. The van der Waals surface area contributed by atoms with Crippen LogP contribution < -0.4 is 0 Å². The van der Waals surface area contributed by atoms with Crippen molar-refractivity contribution in [3.63, 3.8) is 0 Å². The zero-order chi connectivity index (χ0) is 11.4. The molecule has 0 saturated heterocycles. The third-order valence-corrected chi connectivity index (χ3v) is 2.44. The summed E-state index contributed by atoms with van der Waals surface area (Å²) in [5, 5.41) is 0. The molecule has 0 unspecified atom stereocenters. The van der Waals surface area contributed by atoms with Crippen LogP contribution in [0.5, 0.6) is 0 Å². The number of aliphatic imine (C=N–C) groups is 1. The number of nitrogens with zero attached hydrogens (tertiary/aromatic N) is 1. The third kappa shape index (κ3) is 2.80. The highest BCUT2D eigenvalue weighted by Crippen LogP contribution is 2.12. The molecule has 80 valence electrons. The van der Waals surface area contributed by atoms with Crippen molar-refractivity contribution in [3.05, 3.63) is 65.2 Å². The van der Waals surface area contributed by atoms with Crippen molar-refractivity contribution in [2.75, 3.05) is 0 Å². The normalized spacial score (nSPS) is 10.9. The van der Waals surface area contributed by atoms with Gasteiger partial charge in [0, 0.05) is 6.21 Å². The highest BCUT2D eigenvalue weighted by molar-refractivity contribution is 5.82. The molecule has 0 aliphatic heterocycles. The maximum atomic E-state index is 4.43. The minimum absolute atomic E-state index is 0.993. The van der Waals surface area contributed by atoms with Crippen molar-refractivity contribution in [3.8, 4) is 0 Å². The second-order valence-corrected chi connectivity index (χ2v) is 4.01. The van der Waals surface area contributed by atoms with Crippen LogP contribution in [0.2, 0.25) is 0 Å². The fraction of sp³-hybridized carbons (Fsp3) is 0.133. The molecule has 1 heteroatoms. The average molecular weight is 209 g/mol. The molecule has 0 aliphatic carbocycles. The lowest BCUT2D eigenvalue weighted by Gasteiger charge is -1.96. The first-order valence-electron chi connectivity index (χ1n) is 5.41. The van der Waals surface area contributed by atoms with E-state index in [0.717, 1.165) is 11.3 Å². The number of benzene rings is 2. The summed E-state index contributed by atoms with van der Waals surface area (Å²) in [6.07, 6.45) is 1.90. The number of rotatable bonds is 2. The lowest BCUT2D eigenvalue weighted by molar-refractivity contribution is 1.43. The maximum Gasteiger partial charge on any atom is 0.0630 e. The van der Waals surface area contributed by atoms with E-state index in [1.165, 1.54) is 11.1 Å². The van der Waals surface area contributed by atoms with Gasteiger partial charge >= 0.3 is 0 Å². The molecule has 1 nitrogen and oxygen atoms in total. The average Bonchev–Trinajstić information content (AvgIpc) is 2.28. The van der Waals surface area contributed by atoms with E-state index in [9.17, 15) is 0 Å². The molecule has 0 spiro atoms. The van der Waals surface area contributed by atoms with E-state index in [4.69, 9.17) is 0 Å². The van der Waals surface area contributed by atoms with Crippen molar-refractivity contribution < 1.29 is 0 Å². The summed E-state index contributed by atoms with van der Waals surface area (Å²) in [5.41, 5.74) is 4.65. The predicted octanol–water partition coefficient (Wildman–Crippen LogP) is 4.05.